The average Bonchev–Trinajstić information content (AvgIpc) is 2.15. The summed E-state index contributed by atoms with van der Waals surface area (Å²) in [5.41, 5.74) is 0. The first kappa shape index (κ1) is 13.9. The summed E-state index contributed by atoms with van der Waals surface area (Å²) in [4.78, 5) is 10.6. The van der Waals surface area contributed by atoms with Gasteiger partial charge in [-0.2, -0.15) is 5.26 Å². The number of aliphatic carboxylic acids is 1. The number of rotatable bonds is 5. The summed E-state index contributed by atoms with van der Waals surface area (Å²) >= 11 is 0. The van der Waals surface area contributed by atoms with E-state index in [9.17, 15) is 13.2 Å². The van der Waals surface area contributed by atoms with Gasteiger partial charge >= 0.3 is 5.97 Å². The number of carbonyl (C=O) groups is 1. The van der Waals surface area contributed by atoms with E-state index in [2.05, 4.69) is 0 Å². The van der Waals surface area contributed by atoms with Crippen molar-refractivity contribution in [1.82, 2.24) is 4.31 Å². The molecular formula is C8H14N2O4S. The second-order valence-corrected chi connectivity index (χ2v) is 5.57. The molecule has 0 bridgehead atoms. The molecule has 0 heterocycles. The monoisotopic (exact) mass is 234 g/mol. The SMILES string of the molecule is CC(CC#N)N(C)S(=O)(=O)C(C)C(=O)O. The number of nitrogens with zero attached hydrogens (tertiary/aromatic N) is 2. The standard InChI is InChI=1S/C8H14N2O4S/c1-6(4-5-9)10(3)15(13,14)7(2)8(11)12/h6-7H,4H2,1-3H3,(H,11,12). The molecule has 7 heteroatoms. The van der Waals surface area contributed by atoms with Crippen LogP contribution >= 0.6 is 0 Å². The Kier molecular flexibility index (Phi) is 4.71. The third-order valence-electron chi connectivity index (χ3n) is 2.20. The van der Waals surface area contributed by atoms with Gasteiger partial charge in [0.15, 0.2) is 5.25 Å². The summed E-state index contributed by atoms with van der Waals surface area (Å²) in [5, 5.41) is 15.5. The first-order chi connectivity index (χ1) is 6.75. The van der Waals surface area contributed by atoms with E-state index in [4.69, 9.17) is 10.4 Å². The molecule has 0 spiro atoms. The van der Waals surface area contributed by atoms with Gasteiger partial charge in [-0.1, -0.05) is 0 Å². The Morgan fingerprint density at radius 1 is 1.53 bits per heavy atom. The van der Waals surface area contributed by atoms with E-state index in [1.807, 2.05) is 6.07 Å². The molecule has 1 N–H and O–H groups in total. The molecule has 86 valence electrons. The number of nitriles is 1. The minimum absolute atomic E-state index is 0.0298. The summed E-state index contributed by atoms with van der Waals surface area (Å²) in [7, 11) is -2.60. The van der Waals surface area contributed by atoms with Gasteiger partial charge in [0.25, 0.3) is 0 Å². The highest BCUT2D eigenvalue weighted by atomic mass is 32.2. The summed E-state index contributed by atoms with van der Waals surface area (Å²) in [5.74, 6) is -1.40. The van der Waals surface area contributed by atoms with E-state index < -0.39 is 27.3 Å². The van der Waals surface area contributed by atoms with Crippen LogP contribution in [0.3, 0.4) is 0 Å². The van der Waals surface area contributed by atoms with E-state index in [0.29, 0.717) is 0 Å². The van der Waals surface area contributed by atoms with Crippen LogP contribution in [0.1, 0.15) is 20.3 Å². The lowest BCUT2D eigenvalue weighted by atomic mass is 10.3. The van der Waals surface area contributed by atoms with Gasteiger partial charge in [0.2, 0.25) is 10.0 Å². The van der Waals surface area contributed by atoms with Crippen LogP contribution in [0.5, 0.6) is 0 Å². The number of hydrogen-bond acceptors (Lipinski definition) is 4. The van der Waals surface area contributed by atoms with Gasteiger partial charge in [-0.05, 0) is 13.8 Å². The molecule has 0 aromatic carbocycles. The van der Waals surface area contributed by atoms with E-state index in [1.54, 1.807) is 6.92 Å². The zero-order chi connectivity index (χ0) is 12.2. The van der Waals surface area contributed by atoms with Crippen LogP contribution in [0.15, 0.2) is 0 Å². The highest BCUT2D eigenvalue weighted by molar-refractivity contribution is 7.90. The second-order valence-electron chi connectivity index (χ2n) is 3.25. The van der Waals surface area contributed by atoms with Crippen LogP contribution in [0.4, 0.5) is 0 Å². The van der Waals surface area contributed by atoms with Crippen LogP contribution in [-0.4, -0.2) is 42.1 Å². The lowest BCUT2D eigenvalue weighted by Gasteiger charge is -2.24. The Balaban J connectivity index is 4.90. The van der Waals surface area contributed by atoms with Crippen molar-refractivity contribution < 1.29 is 18.3 Å². The Morgan fingerprint density at radius 2 is 2.00 bits per heavy atom. The Morgan fingerprint density at radius 3 is 2.33 bits per heavy atom. The molecular weight excluding hydrogens is 220 g/mol. The van der Waals surface area contributed by atoms with Gasteiger partial charge in [-0.3, -0.25) is 4.79 Å². The normalized spacial score (nSPS) is 15.7. The molecule has 2 unspecified atom stereocenters. The molecule has 6 nitrogen and oxygen atoms in total. The van der Waals surface area contributed by atoms with Crippen LogP contribution in [0, 0.1) is 11.3 Å². The van der Waals surface area contributed by atoms with Gasteiger partial charge in [0.05, 0.1) is 12.5 Å². The molecule has 0 aromatic heterocycles. The predicted molar refractivity (Wildman–Crippen MR) is 53.5 cm³/mol. The fraction of sp³-hybridized carbons (Fsp3) is 0.750. The number of sulfonamides is 1. The molecule has 0 saturated carbocycles. The zero-order valence-electron chi connectivity index (χ0n) is 8.84. The van der Waals surface area contributed by atoms with Crippen LogP contribution < -0.4 is 0 Å². The maximum absolute atomic E-state index is 11.6. The van der Waals surface area contributed by atoms with Crippen LogP contribution in [0.25, 0.3) is 0 Å². The van der Waals surface area contributed by atoms with Crippen LogP contribution in [0.2, 0.25) is 0 Å². The van der Waals surface area contributed by atoms with Crippen molar-refractivity contribution >= 4 is 16.0 Å². The zero-order valence-corrected chi connectivity index (χ0v) is 9.65. The van der Waals surface area contributed by atoms with Gasteiger partial charge < -0.3 is 5.11 Å². The minimum Gasteiger partial charge on any atom is -0.480 e. The fourth-order valence-corrected chi connectivity index (χ4v) is 2.22. The molecule has 0 saturated heterocycles. The van der Waals surface area contributed by atoms with Crippen molar-refractivity contribution in [2.75, 3.05) is 7.05 Å². The average molecular weight is 234 g/mol. The van der Waals surface area contributed by atoms with Gasteiger partial charge in [0.1, 0.15) is 0 Å². The molecule has 0 aliphatic rings. The lowest BCUT2D eigenvalue weighted by Crippen LogP contribution is -2.43. The minimum atomic E-state index is -3.88. The quantitative estimate of drug-likeness (QED) is 0.723. The smallest absolute Gasteiger partial charge is 0.323 e. The molecule has 0 aromatic rings. The Hall–Kier alpha value is -1.13. The number of carboxylic acids is 1. The molecule has 15 heavy (non-hydrogen) atoms. The van der Waals surface area contributed by atoms with Crippen molar-refractivity contribution in [3.8, 4) is 6.07 Å². The molecule has 0 fully saturated rings. The molecule has 0 rings (SSSR count). The summed E-state index contributed by atoms with van der Waals surface area (Å²) in [6.45, 7) is 2.66. The van der Waals surface area contributed by atoms with Gasteiger partial charge in [-0.25, -0.2) is 12.7 Å². The summed E-state index contributed by atoms with van der Waals surface area (Å²) in [6, 6.07) is 1.31. The molecule has 0 amide bonds. The van der Waals surface area contributed by atoms with E-state index in [1.165, 1.54) is 7.05 Å². The first-order valence-corrected chi connectivity index (χ1v) is 5.82. The highest BCUT2D eigenvalue weighted by Gasteiger charge is 2.33. The largest absolute Gasteiger partial charge is 0.480 e. The molecule has 0 aliphatic carbocycles. The van der Waals surface area contributed by atoms with E-state index >= 15 is 0 Å². The lowest BCUT2D eigenvalue weighted by molar-refractivity contribution is -0.136. The van der Waals surface area contributed by atoms with Crippen molar-refractivity contribution in [3.05, 3.63) is 0 Å². The van der Waals surface area contributed by atoms with Crippen molar-refractivity contribution in [2.24, 2.45) is 0 Å². The van der Waals surface area contributed by atoms with Gasteiger partial charge in [-0.15, -0.1) is 0 Å². The maximum atomic E-state index is 11.6. The maximum Gasteiger partial charge on any atom is 0.323 e. The Bertz CT molecular complexity index is 371. The van der Waals surface area contributed by atoms with Crippen molar-refractivity contribution in [3.63, 3.8) is 0 Å². The predicted octanol–water partition coefficient (Wildman–Crippen LogP) is 0.0233. The summed E-state index contributed by atoms with van der Waals surface area (Å²) < 4.78 is 24.2. The van der Waals surface area contributed by atoms with Crippen LogP contribution in [-0.2, 0) is 14.8 Å². The molecule has 0 aliphatic heterocycles. The molecule has 2 atom stereocenters. The van der Waals surface area contributed by atoms with E-state index in [0.717, 1.165) is 11.2 Å². The van der Waals surface area contributed by atoms with Gasteiger partial charge in [0, 0.05) is 13.1 Å². The summed E-state index contributed by atoms with van der Waals surface area (Å²) in [6.07, 6.45) is 0.0298. The van der Waals surface area contributed by atoms with Crippen molar-refractivity contribution in [1.29, 1.82) is 5.26 Å². The Labute approximate surface area is 89.2 Å². The number of carboxylic acid groups (broad SMARTS) is 1. The number of hydrogen-bond donors (Lipinski definition) is 1. The molecule has 0 radical (unpaired) electrons. The third kappa shape index (κ3) is 3.18. The topological polar surface area (TPSA) is 98.5 Å². The highest BCUT2D eigenvalue weighted by Crippen LogP contribution is 2.12. The van der Waals surface area contributed by atoms with Crippen molar-refractivity contribution in [2.45, 2.75) is 31.6 Å². The second kappa shape index (κ2) is 5.09. The fourth-order valence-electron chi connectivity index (χ4n) is 0.888. The van der Waals surface area contributed by atoms with E-state index in [-0.39, 0.29) is 6.42 Å². The first-order valence-electron chi connectivity index (χ1n) is 4.31. The third-order valence-corrected chi connectivity index (χ3v) is 4.46.